The number of carbonyl (C=O) groups is 1. The second-order valence-electron chi connectivity index (χ2n) is 11.2. The number of aryl methyl sites for hydroxylation is 1. The van der Waals surface area contributed by atoms with E-state index in [1.165, 1.54) is 7.11 Å². The first-order valence-corrected chi connectivity index (χ1v) is 14.6. The van der Waals surface area contributed by atoms with Gasteiger partial charge in [0.2, 0.25) is 5.91 Å². The van der Waals surface area contributed by atoms with Crippen LogP contribution < -0.4 is 15.6 Å². The van der Waals surface area contributed by atoms with Crippen LogP contribution in [0.4, 0.5) is 32.0 Å². The van der Waals surface area contributed by atoms with Gasteiger partial charge in [-0.15, -0.1) is 0 Å². The number of anilines is 1. The second-order valence-corrected chi connectivity index (χ2v) is 11.2. The van der Waals surface area contributed by atoms with Gasteiger partial charge in [0.05, 0.1) is 57.3 Å². The third-order valence-corrected chi connectivity index (χ3v) is 7.95. The number of benzene rings is 1. The van der Waals surface area contributed by atoms with Crippen LogP contribution in [0.1, 0.15) is 41.3 Å². The Morgan fingerprint density at radius 3 is 2.45 bits per heavy atom. The van der Waals surface area contributed by atoms with Gasteiger partial charge in [0.1, 0.15) is 17.0 Å². The normalized spacial score (nSPS) is 14.3. The third kappa shape index (κ3) is 7.37. The molecule has 1 aliphatic heterocycles. The summed E-state index contributed by atoms with van der Waals surface area (Å²) in [6, 6.07) is 6.89. The highest BCUT2D eigenvalue weighted by Crippen LogP contribution is 2.35. The van der Waals surface area contributed by atoms with Gasteiger partial charge in [0, 0.05) is 36.4 Å². The zero-order valence-electron chi connectivity index (χ0n) is 25.7. The first-order chi connectivity index (χ1) is 22.2. The zero-order valence-corrected chi connectivity index (χ0v) is 25.7. The number of alkyl halides is 6. The molecule has 5 rings (SSSR count). The van der Waals surface area contributed by atoms with E-state index < -0.39 is 40.8 Å². The van der Waals surface area contributed by atoms with Crippen molar-refractivity contribution in [3.8, 4) is 5.75 Å². The molecule has 0 fully saturated rings. The topological polar surface area (TPSA) is 104 Å². The van der Waals surface area contributed by atoms with Crippen LogP contribution in [0.3, 0.4) is 0 Å². The lowest BCUT2D eigenvalue weighted by Gasteiger charge is -2.29. The van der Waals surface area contributed by atoms with Crippen LogP contribution >= 0.6 is 0 Å². The lowest BCUT2D eigenvalue weighted by molar-refractivity contribution is -0.139. The summed E-state index contributed by atoms with van der Waals surface area (Å²) in [6.45, 7) is 3.88. The number of methoxy groups -OCH3 is 1. The third-order valence-electron chi connectivity index (χ3n) is 7.95. The monoisotopic (exact) mass is 666 g/mol. The molecular weight excluding hydrogens is 634 g/mol. The first kappa shape index (κ1) is 33.8. The van der Waals surface area contributed by atoms with E-state index in [0.717, 1.165) is 23.1 Å². The predicted octanol–water partition coefficient (Wildman–Crippen LogP) is 5.25. The maximum atomic E-state index is 14.0. The maximum absolute atomic E-state index is 14.0. The highest BCUT2D eigenvalue weighted by Gasteiger charge is 2.38. The van der Waals surface area contributed by atoms with Gasteiger partial charge in [-0.1, -0.05) is 12.1 Å². The molecule has 1 aromatic carbocycles. The Hall–Kier alpha value is -4.60. The Kier molecular flexibility index (Phi) is 9.52. The van der Waals surface area contributed by atoms with Crippen LogP contribution in [0.5, 0.6) is 5.75 Å². The number of pyridine rings is 1. The van der Waals surface area contributed by atoms with Gasteiger partial charge in [-0.05, 0) is 43.2 Å². The number of hydrogen-bond acceptors (Lipinski definition) is 7. The Morgan fingerprint density at radius 2 is 1.79 bits per heavy atom. The summed E-state index contributed by atoms with van der Waals surface area (Å²) in [5, 5.41) is 6.96. The van der Waals surface area contributed by atoms with Gasteiger partial charge in [-0.25, -0.2) is 9.67 Å². The van der Waals surface area contributed by atoms with Crippen molar-refractivity contribution in [1.82, 2.24) is 24.2 Å². The minimum Gasteiger partial charge on any atom is -0.497 e. The Balaban J connectivity index is 1.16. The van der Waals surface area contributed by atoms with E-state index in [-0.39, 0.29) is 38.6 Å². The summed E-state index contributed by atoms with van der Waals surface area (Å²) in [5.41, 5.74) is -1.71. The standard InChI is InChI=1S/C31H32F6N6O4/c1-18(40-24-14-39-43(29(45)27(24)31(35,36)37)15-20-4-6-22(46-3)7-5-20)17-47-11-8-26(44)41-9-10-42-25(16-41)19(2)23-12-21(30(32,33)34)13-38-28(23)42/h4-7,12-14,18,40H,8-11,15-17H2,1-3H3/t18-/m0/s1. The molecule has 1 N–H and O–H groups in total. The lowest BCUT2D eigenvalue weighted by atomic mass is 10.1. The van der Waals surface area contributed by atoms with Crippen LogP contribution in [0.15, 0.2) is 47.5 Å². The number of nitrogens with zero attached hydrogens (tertiary/aromatic N) is 5. The van der Waals surface area contributed by atoms with Crippen LogP contribution in [-0.4, -0.2) is 63.0 Å². The summed E-state index contributed by atoms with van der Waals surface area (Å²) in [7, 11) is 1.48. The fourth-order valence-corrected chi connectivity index (χ4v) is 5.50. The molecule has 1 atom stereocenters. The van der Waals surface area contributed by atoms with Crippen molar-refractivity contribution in [2.45, 2.75) is 58.3 Å². The first-order valence-electron chi connectivity index (χ1n) is 14.6. The lowest BCUT2D eigenvalue weighted by Crippen LogP contribution is -2.39. The highest BCUT2D eigenvalue weighted by atomic mass is 19.4. The Morgan fingerprint density at radius 1 is 1.06 bits per heavy atom. The average Bonchev–Trinajstić information content (AvgIpc) is 3.30. The van der Waals surface area contributed by atoms with Gasteiger partial charge < -0.3 is 24.3 Å². The van der Waals surface area contributed by atoms with E-state index in [0.29, 0.717) is 46.7 Å². The molecule has 10 nitrogen and oxygen atoms in total. The van der Waals surface area contributed by atoms with Gasteiger partial charge in [0.15, 0.2) is 0 Å². The molecule has 4 aromatic rings. The van der Waals surface area contributed by atoms with Crippen LogP contribution in [-0.2, 0) is 41.5 Å². The number of rotatable bonds is 10. The molecule has 16 heteroatoms. The van der Waals surface area contributed by atoms with E-state index in [4.69, 9.17) is 9.47 Å². The number of halogens is 6. The van der Waals surface area contributed by atoms with Crippen molar-refractivity contribution < 1.29 is 40.6 Å². The molecule has 3 aromatic heterocycles. The van der Waals surface area contributed by atoms with Crippen molar-refractivity contribution in [1.29, 1.82) is 0 Å². The molecule has 0 bridgehead atoms. The molecule has 0 radical (unpaired) electrons. The number of ether oxygens (including phenoxy) is 2. The largest absolute Gasteiger partial charge is 0.497 e. The molecule has 0 spiro atoms. The molecule has 47 heavy (non-hydrogen) atoms. The fraction of sp³-hybridized carbons (Fsp3) is 0.419. The van der Waals surface area contributed by atoms with Crippen molar-refractivity contribution in [2.75, 3.05) is 32.2 Å². The number of fused-ring (bicyclic) bond motifs is 3. The van der Waals surface area contributed by atoms with Crippen molar-refractivity contribution in [2.24, 2.45) is 0 Å². The smallest absolute Gasteiger partial charge is 0.423 e. The average molecular weight is 667 g/mol. The molecule has 252 valence electrons. The van der Waals surface area contributed by atoms with Gasteiger partial charge in [0.25, 0.3) is 5.56 Å². The van der Waals surface area contributed by atoms with Crippen molar-refractivity contribution >= 4 is 22.6 Å². The second kappa shape index (κ2) is 13.3. The van der Waals surface area contributed by atoms with Crippen molar-refractivity contribution in [3.05, 3.63) is 81.0 Å². The van der Waals surface area contributed by atoms with Gasteiger partial charge in [-0.2, -0.15) is 31.4 Å². The van der Waals surface area contributed by atoms with Crippen LogP contribution in [0.2, 0.25) is 0 Å². The number of nitrogens with one attached hydrogen (secondary N) is 1. The van der Waals surface area contributed by atoms with E-state index in [1.54, 1.807) is 43.0 Å². The van der Waals surface area contributed by atoms with Gasteiger partial charge >= 0.3 is 12.4 Å². The van der Waals surface area contributed by atoms with E-state index in [2.05, 4.69) is 15.4 Å². The summed E-state index contributed by atoms with van der Waals surface area (Å²) in [6.07, 6.45) is -7.74. The molecule has 0 saturated carbocycles. The number of amides is 1. The minimum atomic E-state index is -4.95. The Labute approximate surface area is 264 Å². The molecule has 0 saturated heterocycles. The molecule has 4 heterocycles. The fourth-order valence-electron chi connectivity index (χ4n) is 5.50. The van der Waals surface area contributed by atoms with Gasteiger partial charge in [-0.3, -0.25) is 9.59 Å². The summed E-state index contributed by atoms with van der Waals surface area (Å²) < 4.78 is 94.7. The maximum Gasteiger partial charge on any atom is 0.423 e. The number of hydrogen-bond donors (Lipinski definition) is 1. The Bertz CT molecular complexity index is 1820. The molecule has 1 amide bonds. The van der Waals surface area contributed by atoms with E-state index in [1.807, 2.05) is 4.57 Å². The molecule has 0 aliphatic carbocycles. The summed E-state index contributed by atoms with van der Waals surface area (Å²) >= 11 is 0. The quantitative estimate of drug-likeness (QED) is 0.182. The zero-order chi connectivity index (χ0) is 34.1. The van der Waals surface area contributed by atoms with Crippen LogP contribution in [0, 0.1) is 6.92 Å². The molecule has 0 unspecified atom stereocenters. The minimum absolute atomic E-state index is 0.0147. The number of aromatic nitrogens is 4. The summed E-state index contributed by atoms with van der Waals surface area (Å²) in [5.74, 6) is 0.317. The van der Waals surface area contributed by atoms with Crippen molar-refractivity contribution in [3.63, 3.8) is 0 Å². The van der Waals surface area contributed by atoms with Crippen LogP contribution in [0.25, 0.3) is 11.0 Å². The predicted molar refractivity (Wildman–Crippen MR) is 159 cm³/mol. The summed E-state index contributed by atoms with van der Waals surface area (Å²) in [4.78, 5) is 31.4. The molecule has 1 aliphatic rings. The van der Waals surface area contributed by atoms with E-state index >= 15 is 0 Å². The van der Waals surface area contributed by atoms with E-state index in [9.17, 15) is 35.9 Å². The highest BCUT2D eigenvalue weighted by molar-refractivity contribution is 5.83. The molecular formula is C31H32F6N6O4. The SMILES string of the molecule is COc1ccc(Cn2ncc(N[C@@H](C)COCCC(=O)N3CCn4c(c(C)c5cc(C(F)(F)F)cnc54)C3)c(C(F)(F)F)c2=O)cc1. The number of carbonyl (C=O) groups excluding carboxylic acids is 1.